The maximum absolute atomic E-state index is 12.0. The van der Waals surface area contributed by atoms with Gasteiger partial charge in [-0.15, -0.1) is 0 Å². The van der Waals surface area contributed by atoms with Gasteiger partial charge in [0, 0.05) is 18.1 Å². The number of hydrogen-bond donors (Lipinski definition) is 1. The molecule has 1 rings (SSSR count). The molecule has 1 aromatic rings. The fourth-order valence-corrected chi connectivity index (χ4v) is 2.62. The van der Waals surface area contributed by atoms with E-state index in [1.165, 1.54) is 29.2 Å². The highest BCUT2D eigenvalue weighted by atomic mass is 35.5. The van der Waals surface area contributed by atoms with E-state index in [2.05, 4.69) is 0 Å². The molecule has 0 saturated carbocycles. The Morgan fingerprint density at radius 3 is 2.32 bits per heavy atom. The molecule has 7 heteroatoms. The van der Waals surface area contributed by atoms with Gasteiger partial charge in [0.25, 0.3) is 10.0 Å². The SMILES string of the molecule is CCCN(CC)C(=O)NS(=O)(=O)c1ccc(Cl)cc1. The van der Waals surface area contributed by atoms with E-state index in [1.807, 2.05) is 11.6 Å². The normalized spacial score (nSPS) is 11.1. The van der Waals surface area contributed by atoms with Gasteiger partial charge in [0.2, 0.25) is 0 Å². The number of amides is 2. The van der Waals surface area contributed by atoms with Crippen molar-refractivity contribution in [3.05, 3.63) is 29.3 Å². The van der Waals surface area contributed by atoms with E-state index in [0.717, 1.165) is 6.42 Å². The molecule has 0 unspecified atom stereocenters. The number of rotatable bonds is 5. The summed E-state index contributed by atoms with van der Waals surface area (Å²) in [4.78, 5) is 13.3. The molecule has 0 aliphatic carbocycles. The van der Waals surface area contributed by atoms with Crippen molar-refractivity contribution < 1.29 is 13.2 Å². The highest BCUT2D eigenvalue weighted by Gasteiger charge is 2.20. The largest absolute Gasteiger partial charge is 0.331 e. The minimum atomic E-state index is -3.85. The standard InChI is InChI=1S/C12H17ClN2O3S/c1-3-9-15(4-2)12(16)14-19(17,18)11-7-5-10(13)6-8-11/h5-8H,3-4,9H2,1-2H3,(H,14,16). The number of nitrogens with zero attached hydrogens (tertiary/aromatic N) is 1. The maximum Gasteiger partial charge on any atom is 0.331 e. The lowest BCUT2D eigenvalue weighted by Gasteiger charge is -2.20. The van der Waals surface area contributed by atoms with Gasteiger partial charge >= 0.3 is 6.03 Å². The van der Waals surface area contributed by atoms with Crippen LogP contribution in [0.15, 0.2) is 29.2 Å². The molecule has 0 atom stereocenters. The summed E-state index contributed by atoms with van der Waals surface area (Å²) in [7, 11) is -3.85. The van der Waals surface area contributed by atoms with Crippen molar-refractivity contribution in [2.75, 3.05) is 13.1 Å². The van der Waals surface area contributed by atoms with Crippen LogP contribution in [0.4, 0.5) is 4.79 Å². The smallest absolute Gasteiger partial charge is 0.324 e. The second-order valence-corrected chi connectivity index (χ2v) is 6.06. The van der Waals surface area contributed by atoms with Gasteiger partial charge in [-0.2, -0.15) is 0 Å². The molecule has 19 heavy (non-hydrogen) atoms. The molecule has 0 bridgehead atoms. The molecular formula is C12H17ClN2O3S. The second kappa shape index (κ2) is 6.77. The van der Waals surface area contributed by atoms with Gasteiger partial charge in [0.05, 0.1) is 4.90 Å². The van der Waals surface area contributed by atoms with Crippen LogP contribution in [0.1, 0.15) is 20.3 Å². The Morgan fingerprint density at radius 1 is 1.26 bits per heavy atom. The Morgan fingerprint density at radius 2 is 1.84 bits per heavy atom. The van der Waals surface area contributed by atoms with E-state index in [4.69, 9.17) is 11.6 Å². The van der Waals surface area contributed by atoms with Crippen LogP contribution in [-0.4, -0.2) is 32.4 Å². The van der Waals surface area contributed by atoms with Crippen molar-refractivity contribution in [3.8, 4) is 0 Å². The van der Waals surface area contributed by atoms with Crippen LogP contribution in [0.3, 0.4) is 0 Å². The van der Waals surface area contributed by atoms with Crippen molar-refractivity contribution >= 4 is 27.7 Å². The van der Waals surface area contributed by atoms with E-state index in [-0.39, 0.29) is 4.90 Å². The summed E-state index contributed by atoms with van der Waals surface area (Å²) < 4.78 is 26.0. The summed E-state index contributed by atoms with van der Waals surface area (Å²) in [5.74, 6) is 0. The van der Waals surface area contributed by atoms with Gasteiger partial charge in [0.1, 0.15) is 0 Å². The Bertz CT molecular complexity index is 528. The average molecular weight is 305 g/mol. The predicted molar refractivity (Wildman–Crippen MR) is 74.7 cm³/mol. The number of sulfonamides is 1. The second-order valence-electron chi connectivity index (χ2n) is 3.94. The monoisotopic (exact) mass is 304 g/mol. The van der Waals surface area contributed by atoms with Gasteiger partial charge in [-0.1, -0.05) is 18.5 Å². The van der Waals surface area contributed by atoms with E-state index in [1.54, 1.807) is 6.92 Å². The zero-order valence-corrected chi connectivity index (χ0v) is 12.5. The van der Waals surface area contributed by atoms with Gasteiger partial charge in [-0.05, 0) is 37.6 Å². The van der Waals surface area contributed by atoms with Crippen LogP contribution in [-0.2, 0) is 10.0 Å². The molecular weight excluding hydrogens is 288 g/mol. The summed E-state index contributed by atoms with van der Waals surface area (Å²) in [6.07, 6.45) is 0.766. The molecule has 0 heterocycles. The molecule has 0 radical (unpaired) electrons. The van der Waals surface area contributed by atoms with Crippen molar-refractivity contribution in [3.63, 3.8) is 0 Å². The fourth-order valence-electron chi connectivity index (χ4n) is 1.53. The molecule has 0 spiro atoms. The van der Waals surface area contributed by atoms with Crippen LogP contribution >= 0.6 is 11.6 Å². The molecule has 1 aromatic carbocycles. The lowest BCUT2D eigenvalue weighted by molar-refractivity contribution is 0.206. The van der Waals surface area contributed by atoms with Crippen molar-refractivity contribution in [1.82, 2.24) is 9.62 Å². The first-order valence-electron chi connectivity index (χ1n) is 5.98. The van der Waals surface area contributed by atoms with Crippen molar-refractivity contribution in [2.45, 2.75) is 25.2 Å². The first-order valence-corrected chi connectivity index (χ1v) is 7.84. The van der Waals surface area contributed by atoms with E-state index in [0.29, 0.717) is 18.1 Å². The Balaban J connectivity index is 2.85. The van der Waals surface area contributed by atoms with Crippen molar-refractivity contribution in [1.29, 1.82) is 0 Å². The summed E-state index contributed by atoms with van der Waals surface area (Å²) in [6, 6.07) is 5.02. The van der Waals surface area contributed by atoms with Crippen LogP contribution in [0, 0.1) is 0 Å². The number of urea groups is 1. The Kier molecular flexibility index (Phi) is 5.62. The first-order chi connectivity index (χ1) is 8.90. The Labute approximate surface area is 118 Å². The third-order valence-electron chi connectivity index (χ3n) is 2.51. The van der Waals surface area contributed by atoms with Gasteiger partial charge in [-0.3, -0.25) is 0 Å². The van der Waals surface area contributed by atoms with E-state index >= 15 is 0 Å². The van der Waals surface area contributed by atoms with Crippen LogP contribution in [0.25, 0.3) is 0 Å². The van der Waals surface area contributed by atoms with Crippen LogP contribution in [0.2, 0.25) is 5.02 Å². The number of hydrogen-bond acceptors (Lipinski definition) is 3. The third kappa shape index (κ3) is 4.40. The lowest BCUT2D eigenvalue weighted by atomic mass is 10.4. The van der Waals surface area contributed by atoms with E-state index < -0.39 is 16.1 Å². The van der Waals surface area contributed by atoms with Gasteiger partial charge in [0.15, 0.2) is 0 Å². The number of halogens is 1. The third-order valence-corrected chi connectivity index (χ3v) is 4.10. The Hall–Kier alpha value is -1.27. The number of benzene rings is 1. The summed E-state index contributed by atoms with van der Waals surface area (Å²) in [5.41, 5.74) is 0. The average Bonchev–Trinajstić information content (AvgIpc) is 2.35. The summed E-state index contributed by atoms with van der Waals surface area (Å²) in [6.45, 7) is 4.68. The van der Waals surface area contributed by atoms with Gasteiger partial charge < -0.3 is 4.90 Å². The molecule has 0 fully saturated rings. The molecule has 0 aliphatic rings. The molecule has 2 amide bonds. The minimum Gasteiger partial charge on any atom is -0.324 e. The zero-order chi connectivity index (χ0) is 14.5. The molecule has 0 aliphatic heterocycles. The van der Waals surface area contributed by atoms with Crippen LogP contribution in [0.5, 0.6) is 0 Å². The maximum atomic E-state index is 12.0. The minimum absolute atomic E-state index is 0.0119. The molecule has 0 saturated heterocycles. The van der Waals surface area contributed by atoms with Crippen LogP contribution < -0.4 is 4.72 Å². The first kappa shape index (κ1) is 15.8. The highest BCUT2D eigenvalue weighted by molar-refractivity contribution is 7.90. The summed E-state index contributed by atoms with van der Waals surface area (Å²) >= 11 is 5.69. The predicted octanol–water partition coefficient (Wildman–Crippen LogP) is 2.47. The fraction of sp³-hybridized carbons (Fsp3) is 0.417. The molecule has 1 N–H and O–H groups in total. The number of carbonyl (C=O) groups excluding carboxylic acids is 1. The number of carbonyl (C=O) groups is 1. The topological polar surface area (TPSA) is 66.5 Å². The molecule has 0 aromatic heterocycles. The van der Waals surface area contributed by atoms with Crippen molar-refractivity contribution in [2.24, 2.45) is 0 Å². The molecule has 5 nitrogen and oxygen atoms in total. The molecule has 106 valence electrons. The van der Waals surface area contributed by atoms with E-state index in [9.17, 15) is 13.2 Å². The summed E-state index contributed by atoms with van der Waals surface area (Å²) in [5, 5.41) is 0.437. The number of nitrogens with one attached hydrogen (secondary N) is 1. The quantitative estimate of drug-likeness (QED) is 0.908. The van der Waals surface area contributed by atoms with Gasteiger partial charge in [-0.25, -0.2) is 17.9 Å². The lowest BCUT2D eigenvalue weighted by Crippen LogP contribution is -2.43. The highest BCUT2D eigenvalue weighted by Crippen LogP contribution is 2.14. The zero-order valence-electron chi connectivity index (χ0n) is 10.9.